The summed E-state index contributed by atoms with van der Waals surface area (Å²) in [5.41, 5.74) is 7.02. The molecule has 8 heteroatoms. The summed E-state index contributed by atoms with van der Waals surface area (Å²) in [6.07, 6.45) is 2.14. The van der Waals surface area contributed by atoms with Crippen molar-refractivity contribution in [1.82, 2.24) is 14.7 Å². The molecule has 1 unspecified atom stereocenters. The molecule has 3 rings (SSSR count). The van der Waals surface area contributed by atoms with E-state index >= 15 is 0 Å². The first kappa shape index (κ1) is 23.2. The molecule has 0 saturated carbocycles. The van der Waals surface area contributed by atoms with Gasteiger partial charge < -0.3 is 25.0 Å². The molecule has 0 spiro atoms. The zero-order chi connectivity index (χ0) is 22.4. The lowest BCUT2D eigenvalue weighted by atomic mass is 10.0. The molecule has 1 aromatic rings. The Kier molecular flexibility index (Phi) is 7.64. The predicted octanol–water partition coefficient (Wildman–Crippen LogP) is 2.70. The van der Waals surface area contributed by atoms with E-state index in [0.717, 1.165) is 24.4 Å². The second-order valence-corrected chi connectivity index (χ2v) is 9.15. The van der Waals surface area contributed by atoms with Crippen LogP contribution in [0.5, 0.6) is 5.75 Å². The molecule has 2 aliphatic heterocycles. The third-order valence-electron chi connectivity index (χ3n) is 5.76. The summed E-state index contributed by atoms with van der Waals surface area (Å²) in [4.78, 5) is 23.3. The molecule has 2 N–H and O–H groups in total. The topological polar surface area (TPSA) is 83.6 Å². The number of piperazine rings is 1. The predicted molar refractivity (Wildman–Crippen MR) is 122 cm³/mol. The van der Waals surface area contributed by atoms with E-state index in [2.05, 4.69) is 11.0 Å². The molecular weight excluding hydrogens is 394 g/mol. The number of guanidine groups is 1. The number of methoxy groups -OCH3 is 1. The van der Waals surface area contributed by atoms with Crippen molar-refractivity contribution in [3.05, 3.63) is 29.8 Å². The second-order valence-electron chi connectivity index (χ2n) is 9.15. The van der Waals surface area contributed by atoms with Gasteiger partial charge in [-0.05, 0) is 52.8 Å². The largest absolute Gasteiger partial charge is 0.496 e. The summed E-state index contributed by atoms with van der Waals surface area (Å²) in [5, 5.41) is 0. The summed E-state index contributed by atoms with van der Waals surface area (Å²) < 4.78 is 11.1. The van der Waals surface area contributed by atoms with Crippen molar-refractivity contribution >= 4 is 12.1 Å². The van der Waals surface area contributed by atoms with Gasteiger partial charge in [-0.2, -0.15) is 0 Å². The van der Waals surface area contributed by atoms with Crippen LogP contribution in [0, 0.1) is 0 Å². The van der Waals surface area contributed by atoms with Crippen LogP contribution in [0.25, 0.3) is 0 Å². The van der Waals surface area contributed by atoms with Gasteiger partial charge in [0.05, 0.1) is 19.7 Å². The SMILES string of the molecule is COc1ccccc1C(CN=C(N)N1CCN(C(=O)OC(C)(C)C)CC1)N1CCCC1. The van der Waals surface area contributed by atoms with Crippen LogP contribution >= 0.6 is 0 Å². The first-order chi connectivity index (χ1) is 14.8. The maximum absolute atomic E-state index is 12.3. The van der Waals surface area contributed by atoms with Crippen LogP contribution in [-0.2, 0) is 4.74 Å². The number of aliphatic imine (C=N–C) groups is 1. The quantitative estimate of drug-likeness (QED) is 0.570. The number of carbonyl (C=O) groups is 1. The number of nitrogens with zero attached hydrogens (tertiary/aromatic N) is 4. The lowest BCUT2D eigenvalue weighted by molar-refractivity contribution is 0.0186. The number of carbonyl (C=O) groups excluding carboxylic acids is 1. The molecule has 8 nitrogen and oxygen atoms in total. The van der Waals surface area contributed by atoms with Crippen molar-refractivity contribution < 1.29 is 14.3 Å². The van der Waals surface area contributed by atoms with Gasteiger partial charge in [0.25, 0.3) is 0 Å². The molecule has 1 aromatic carbocycles. The number of nitrogens with two attached hydrogens (primary N) is 1. The number of amides is 1. The summed E-state index contributed by atoms with van der Waals surface area (Å²) in [5.74, 6) is 1.42. The van der Waals surface area contributed by atoms with E-state index in [1.54, 1.807) is 12.0 Å². The van der Waals surface area contributed by atoms with Crippen LogP contribution < -0.4 is 10.5 Å². The minimum absolute atomic E-state index is 0.139. The second kappa shape index (κ2) is 10.2. The molecule has 172 valence electrons. The van der Waals surface area contributed by atoms with Gasteiger partial charge in [0.2, 0.25) is 0 Å². The minimum Gasteiger partial charge on any atom is -0.496 e. The van der Waals surface area contributed by atoms with E-state index in [1.165, 1.54) is 12.8 Å². The maximum Gasteiger partial charge on any atom is 0.410 e. The number of hydrogen-bond donors (Lipinski definition) is 1. The third kappa shape index (κ3) is 6.26. The van der Waals surface area contributed by atoms with Gasteiger partial charge in [0.15, 0.2) is 5.96 Å². The van der Waals surface area contributed by atoms with E-state index in [-0.39, 0.29) is 12.1 Å². The Hall–Kier alpha value is -2.48. The minimum atomic E-state index is -0.488. The van der Waals surface area contributed by atoms with Crippen molar-refractivity contribution in [1.29, 1.82) is 0 Å². The molecule has 31 heavy (non-hydrogen) atoms. The average Bonchev–Trinajstić information content (AvgIpc) is 3.27. The highest BCUT2D eigenvalue weighted by molar-refractivity contribution is 5.78. The Morgan fingerprint density at radius 3 is 2.29 bits per heavy atom. The Morgan fingerprint density at radius 2 is 1.68 bits per heavy atom. The fraction of sp³-hybridized carbons (Fsp3) is 0.652. The van der Waals surface area contributed by atoms with E-state index in [4.69, 9.17) is 20.2 Å². The monoisotopic (exact) mass is 431 g/mol. The fourth-order valence-electron chi connectivity index (χ4n) is 4.13. The first-order valence-corrected chi connectivity index (χ1v) is 11.2. The van der Waals surface area contributed by atoms with Crippen molar-refractivity contribution in [2.75, 3.05) is 52.9 Å². The Labute approximate surface area is 186 Å². The third-order valence-corrected chi connectivity index (χ3v) is 5.76. The summed E-state index contributed by atoms with van der Waals surface area (Å²) in [6, 6.07) is 8.30. The molecule has 1 amide bonds. The van der Waals surface area contributed by atoms with E-state index in [1.807, 2.05) is 43.9 Å². The van der Waals surface area contributed by atoms with E-state index < -0.39 is 5.60 Å². The van der Waals surface area contributed by atoms with Gasteiger partial charge in [-0.1, -0.05) is 18.2 Å². The zero-order valence-electron chi connectivity index (χ0n) is 19.3. The number of benzene rings is 1. The molecular formula is C23H37N5O3. The molecule has 0 radical (unpaired) electrons. The van der Waals surface area contributed by atoms with Crippen LogP contribution in [0.2, 0.25) is 0 Å². The zero-order valence-corrected chi connectivity index (χ0v) is 19.3. The van der Waals surface area contributed by atoms with Crippen LogP contribution in [0.3, 0.4) is 0 Å². The molecule has 0 aliphatic carbocycles. The summed E-state index contributed by atoms with van der Waals surface area (Å²) in [6.45, 7) is 10.8. The fourth-order valence-corrected chi connectivity index (χ4v) is 4.13. The van der Waals surface area contributed by atoms with E-state index in [9.17, 15) is 4.79 Å². The summed E-state index contributed by atoms with van der Waals surface area (Å²) >= 11 is 0. The molecule has 2 saturated heterocycles. The van der Waals surface area contributed by atoms with Crippen molar-refractivity contribution in [3.63, 3.8) is 0 Å². The highest BCUT2D eigenvalue weighted by Crippen LogP contribution is 2.32. The van der Waals surface area contributed by atoms with Crippen LogP contribution in [-0.4, -0.2) is 85.3 Å². The number of para-hydroxylation sites is 1. The highest BCUT2D eigenvalue weighted by atomic mass is 16.6. The van der Waals surface area contributed by atoms with Crippen molar-refractivity contribution in [3.8, 4) is 5.75 Å². The van der Waals surface area contributed by atoms with Gasteiger partial charge >= 0.3 is 6.09 Å². The average molecular weight is 432 g/mol. The lowest BCUT2D eigenvalue weighted by Crippen LogP contribution is -2.53. The standard InChI is InChI=1S/C23H37N5O3/c1-23(2,3)31-22(29)28-15-13-27(14-16-28)21(24)25-17-19(26-11-7-8-12-26)18-9-5-6-10-20(18)30-4/h5-6,9-10,19H,7-8,11-17H2,1-4H3,(H2,24,25). The van der Waals surface area contributed by atoms with Crippen molar-refractivity contribution in [2.24, 2.45) is 10.7 Å². The molecule has 2 aliphatic rings. The van der Waals surface area contributed by atoms with Crippen LogP contribution in [0.4, 0.5) is 4.79 Å². The molecule has 2 heterocycles. The molecule has 1 atom stereocenters. The Bertz CT molecular complexity index is 763. The Balaban J connectivity index is 1.63. The number of hydrogen-bond acceptors (Lipinski definition) is 5. The number of ether oxygens (including phenoxy) is 2. The molecule has 2 fully saturated rings. The van der Waals surface area contributed by atoms with Crippen molar-refractivity contribution in [2.45, 2.75) is 45.3 Å². The maximum atomic E-state index is 12.3. The van der Waals surface area contributed by atoms with Gasteiger partial charge in [0, 0.05) is 31.7 Å². The summed E-state index contributed by atoms with van der Waals surface area (Å²) in [7, 11) is 1.71. The number of rotatable bonds is 5. The van der Waals surface area contributed by atoms with Gasteiger partial charge in [0.1, 0.15) is 11.4 Å². The lowest BCUT2D eigenvalue weighted by Gasteiger charge is -2.36. The van der Waals surface area contributed by atoms with Crippen LogP contribution in [0.1, 0.15) is 45.2 Å². The van der Waals surface area contributed by atoms with Crippen LogP contribution in [0.15, 0.2) is 29.3 Å². The molecule has 0 bridgehead atoms. The smallest absolute Gasteiger partial charge is 0.410 e. The normalized spacial score (nSPS) is 19.4. The first-order valence-electron chi connectivity index (χ1n) is 11.2. The van der Waals surface area contributed by atoms with Gasteiger partial charge in [-0.15, -0.1) is 0 Å². The van der Waals surface area contributed by atoms with E-state index in [0.29, 0.717) is 38.7 Å². The van der Waals surface area contributed by atoms with Gasteiger partial charge in [-0.25, -0.2) is 4.79 Å². The number of likely N-dealkylation sites (tertiary alicyclic amines) is 1. The van der Waals surface area contributed by atoms with Gasteiger partial charge in [-0.3, -0.25) is 9.89 Å². The highest BCUT2D eigenvalue weighted by Gasteiger charge is 2.28. The Morgan fingerprint density at radius 1 is 1.06 bits per heavy atom. The molecule has 0 aromatic heterocycles.